The van der Waals surface area contributed by atoms with Crippen LogP contribution in [0.4, 0.5) is 18.0 Å². The highest BCUT2D eigenvalue weighted by atomic mass is 19.4. The van der Waals surface area contributed by atoms with Gasteiger partial charge < -0.3 is 15.0 Å². The van der Waals surface area contributed by atoms with E-state index < -0.39 is 12.7 Å². The van der Waals surface area contributed by atoms with Gasteiger partial charge in [-0.05, 0) is 30.0 Å². The fraction of sp³-hybridized carbons (Fsp3) is 0.533. The summed E-state index contributed by atoms with van der Waals surface area (Å²) in [5.41, 5.74) is 2.88. The highest BCUT2D eigenvalue weighted by Gasteiger charge is 2.28. The summed E-state index contributed by atoms with van der Waals surface area (Å²) in [6.45, 7) is 1.55. The molecule has 1 heterocycles. The fourth-order valence-electron chi connectivity index (χ4n) is 2.61. The molecule has 2 rings (SSSR count). The van der Waals surface area contributed by atoms with E-state index in [1.54, 1.807) is 11.0 Å². The van der Waals surface area contributed by atoms with E-state index in [-0.39, 0.29) is 18.7 Å². The number of hydrogen-bond donors (Lipinski definition) is 1. The van der Waals surface area contributed by atoms with E-state index in [1.165, 1.54) is 7.11 Å². The molecule has 122 valence electrons. The Balaban J connectivity index is 2.04. The van der Waals surface area contributed by atoms with E-state index >= 15 is 0 Å². The van der Waals surface area contributed by atoms with Crippen molar-refractivity contribution in [1.29, 1.82) is 0 Å². The molecule has 1 N–H and O–H groups in total. The minimum absolute atomic E-state index is 0.00154. The largest absolute Gasteiger partial charge is 0.453 e. The number of alkyl halides is 3. The Labute approximate surface area is 127 Å². The highest BCUT2D eigenvalue weighted by Crippen LogP contribution is 2.25. The van der Waals surface area contributed by atoms with Crippen molar-refractivity contribution in [2.75, 3.05) is 13.7 Å². The molecule has 1 aliphatic heterocycles. The van der Waals surface area contributed by atoms with Crippen molar-refractivity contribution in [2.45, 2.75) is 38.7 Å². The maximum Gasteiger partial charge on any atom is 0.410 e. The Kier molecular flexibility index (Phi) is 4.95. The van der Waals surface area contributed by atoms with Crippen LogP contribution in [0.3, 0.4) is 0 Å². The molecule has 0 aromatic heterocycles. The summed E-state index contributed by atoms with van der Waals surface area (Å²) >= 11 is 0. The van der Waals surface area contributed by atoms with E-state index in [9.17, 15) is 18.0 Å². The second-order valence-electron chi connectivity index (χ2n) is 5.47. The van der Waals surface area contributed by atoms with Crippen molar-refractivity contribution in [1.82, 2.24) is 10.2 Å². The standard InChI is InChI=1S/C15H19F3N2O2/c1-10-5-13-6-11(7-19-9-15(16,17)18)3-4-12(13)8-20(10)14(21)22-2/h3-4,6,10,19H,5,7-9H2,1-2H3. The number of halogens is 3. The van der Waals surface area contributed by atoms with Gasteiger partial charge in [0.15, 0.2) is 0 Å². The number of benzene rings is 1. The zero-order chi connectivity index (χ0) is 16.3. The van der Waals surface area contributed by atoms with Crippen LogP contribution < -0.4 is 5.32 Å². The molecule has 0 fully saturated rings. The third kappa shape index (κ3) is 4.13. The van der Waals surface area contributed by atoms with Gasteiger partial charge in [0.1, 0.15) is 0 Å². The molecule has 1 aliphatic rings. The second kappa shape index (κ2) is 6.56. The molecule has 7 heteroatoms. The Morgan fingerprint density at radius 1 is 1.41 bits per heavy atom. The molecular weight excluding hydrogens is 297 g/mol. The van der Waals surface area contributed by atoms with Crippen LogP contribution in [-0.4, -0.2) is 36.9 Å². The van der Waals surface area contributed by atoms with Crippen molar-refractivity contribution < 1.29 is 22.7 Å². The molecule has 1 unspecified atom stereocenters. The maximum absolute atomic E-state index is 12.1. The Morgan fingerprint density at radius 2 is 2.14 bits per heavy atom. The van der Waals surface area contributed by atoms with Crippen LogP contribution in [0.5, 0.6) is 0 Å². The molecular formula is C15H19F3N2O2. The number of nitrogens with zero attached hydrogens (tertiary/aromatic N) is 1. The van der Waals surface area contributed by atoms with Crippen molar-refractivity contribution >= 4 is 6.09 Å². The first kappa shape index (κ1) is 16.6. The first-order chi connectivity index (χ1) is 10.3. The number of fused-ring (bicyclic) bond motifs is 1. The second-order valence-corrected chi connectivity index (χ2v) is 5.47. The summed E-state index contributed by atoms with van der Waals surface area (Å²) in [6, 6.07) is 5.55. The van der Waals surface area contributed by atoms with E-state index in [4.69, 9.17) is 4.74 Å². The van der Waals surface area contributed by atoms with Crippen LogP contribution in [0.25, 0.3) is 0 Å². The summed E-state index contributed by atoms with van der Waals surface area (Å²) in [4.78, 5) is 13.3. The summed E-state index contributed by atoms with van der Waals surface area (Å²) in [6.07, 6.45) is -3.91. The quantitative estimate of drug-likeness (QED) is 0.932. The van der Waals surface area contributed by atoms with Crippen molar-refractivity contribution in [3.8, 4) is 0 Å². The van der Waals surface area contributed by atoms with Gasteiger partial charge in [-0.2, -0.15) is 13.2 Å². The number of hydrogen-bond acceptors (Lipinski definition) is 3. The molecule has 0 saturated heterocycles. The van der Waals surface area contributed by atoms with Crippen LogP contribution in [0.15, 0.2) is 18.2 Å². The average molecular weight is 316 g/mol. The van der Waals surface area contributed by atoms with Gasteiger partial charge in [-0.1, -0.05) is 18.2 Å². The van der Waals surface area contributed by atoms with Gasteiger partial charge in [0, 0.05) is 19.1 Å². The third-order valence-electron chi connectivity index (χ3n) is 3.72. The smallest absolute Gasteiger partial charge is 0.410 e. The Morgan fingerprint density at radius 3 is 2.77 bits per heavy atom. The number of ether oxygens (including phenoxy) is 1. The van der Waals surface area contributed by atoms with Gasteiger partial charge >= 0.3 is 12.3 Å². The average Bonchev–Trinajstić information content (AvgIpc) is 2.44. The molecule has 1 amide bonds. The topological polar surface area (TPSA) is 41.6 Å². The third-order valence-corrected chi connectivity index (χ3v) is 3.72. The molecule has 1 atom stereocenters. The molecule has 1 aromatic rings. The number of carbonyl (C=O) groups is 1. The molecule has 0 saturated carbocycles. The van der Waals surface area contributed by atoms with E-state index in [1.807, 2.05) is 19.1 Å². The number of methoxy groups -OCH3 is 1. The van der Waals surface area contributed by atoms with Crippen LogP contribution >= 0.6 is 0 Å². The number of amides is 1. The highest BCUT2D eigenvalue weighted by molar-refractivity contribution is 5.68. The fourth-order valence-corrected chi connectivity index (χ4v) is 2.61. The molecule has 4 nitrogen and oxygen atoms in total. The predicted molar refractivity (Wildman–Crippen MR) is 75.3 cm³/mol. The lowest BCUT2D eigenvalue weighted by atomic mass is 9.93. The van der Waals surface area contributed by atoms with E-state index in [0.29, 0.717) is 13.0 Å². The van der Waals surface area contributed by atoms with E-state index in [0.717, 1.165) is 16.7 Å². The lowest BCUT2D eigenvalue weighted by molar-refractivity contribution is -0.125. The minimum Gasteiger partial charge on any atom is -0.453 e. The van der Waals surface area contributed by atoms with Crippen LogP contribution in [0, 0.1) is 0 Å². The van der Waals surface area contributed by atoms with Gasteiger partial charge in [0.05, 0.1) is 13.7 Å². The van der Waals surface area contributed by atoms with Gasteiger partial charge in [0.25, 0.3) is 0 Å². The number of carbonyl (C=O) groups excluding carboxylic acids is 1. The minimum atomic E-state index is -4.20. The zero-order valence-electron chi connectivity index (χ0n) is 12.5. The van der Waals surface area contributed by atoms with Crippen molar-refractivity contribution in [2.24, 2.45) is 0 Å². The van der Waals surface area contributed by atoms with Crippen LogP contribution in [0.2, 0.25) is 0 Å². The molecule has 0 bridgehead atoms. The van der Waals surface area contributed by atoms with Crippen LogP contribution in [0.1, 0.15) is 23.6 Å². The van der Waals surface area contributed by atoms with Crippen molar-refractivity contribution in [3.63, 3.8) is 0 Å². The SMILES string of the molecule is COC(=O)N1Cc2ccc(CNCC(F)(F)F)cc2CC1C. The summed E-state index contributed by atoms with van der Waals surface area (Å²) in [5, 5.41) is 2.39. The van der Waals surface area contributed by atoms with Crippen molar-refractivity contribution in [3.05, 3.63) is 34.9 Å². The molecule has 22 heavy (non-hydrogen) atoms. The summed E-state index contributed by atoms with van der Waals surface area (Å²) < 4.78 is 41.1. The van der Waals surface area contributed by atoms with Gasteiger partial charge in [-0.3, -0.25) is 0 Å². The van der Waals surface area contributed by atoms with Gasteiger partial charge in [-0.25, -0.2) is 4.79 Å². The zero-order valence-corrected chi connectivity index (χ0v) is 12.5. The van der Waals surface area contributed by atoms with E-state index in [2.05, 4.69) is 5.32 Å². The Bertz CT molecular complexity index is 546. The molecule has 0 aliphatic carbocycles. The number of rotatable bonds is 3. The summed E-state index contributed by atoms with van der Waals surface area (Å²) in [5.74, 6) is 0. The first-order valence-electron chi connectivity index (χ1n) is 7.03. The first-order valence-corrected chi connectivity index (χ1v) is 7.03. The monoisotopic (exact) mass is 316 g/mol. The lowest BCUT2D eigenvalue weighted by Gasteiger charge is -2.34. The number of nitrogens with one attached hydrogen (secondary N) is 1. The van der Waals surface area contributed by atoms with Crippen LogP contribution in [-0.2, 0) is 24.2 Å². The molecule has 0 radical (unpaired) electrons. The molecule has 0 spiro atoms. The maximum atomic E-state index is 12.1. The molecule has 1 aromatic carbocycles. The predicted octanol–water partition coefficient (Wildman–Crippen LogP) is 2.85. The normalized spacial score (nSPS) is 18.0. The summed E-state index contributed by atoms with van der Waals surface area (Å²) in [7, 11) is 1.35. The Hall–Kier alpha value is -1.76. The van der Waals surface area contributed by atoms with Gasteiger partial charge in [0.2, 0.25) is 0 Å². The lowest BCUT2D eigenvalue weighted by Crippen LogP contribution is -2.42. The van der Waals surface area contributed by atoms with Gasteiger partial charge in [-0.15, -0.1) is 0 Å².